The number of amidine groups is 1. The van der Waals surface area contributed by atoms with Crippen LogP contribution in [0.3, 0.4) is 0 Å². The number of oxime groups is 1. The molecule has 0 aliphatic rings. The lowest BCUT2D eigenvalue weighted by Gasteiger charge is -2.11. The van der Waals surface area contributed by atoms with Crippen LogP contribution < -0.4 is 5.73 Å². The van der Waals surface area contributed by atoms with Crippen LogP contribution in [0.5, 0.6) is 0 Å². The zero-order valence-electron chi connectivity index (χ0n) is 18.2. The Labute approximate surface area is 206 Å². The molecule has 7 nitrogen and oxygen atoms in total. The molecule has 0 unspecified atom stereocenters. The predicted octanol–water partition coefficient (Wildman–Crippen LogP) is 5.82. The molecule has 0 bridgehead atoms. The van der Waals surface area contributed by atoms with Crippen molar-refractivity contribution >= 4 is 40.7 Å². The molecule has 0 saturated carbocycles. The second kappa shape index (κ2) is 9.20. The fourth-order valence-electron chi connectivity index (χ4n) is 3.21. The molecule has 0 amide bonds. The Morgan fingerprint density at radius 1 is 1.06 bits per heavy atom. The Bertz CT molecular complexity index is 1500. The summed E-state index contributed by atoms with van der Waals surface area (Å²) < 4.78 is 42.0. The smallest absolute Gasteiger partial charge is 0.380 e. The van der Waals surface area contributed by atoms with Gasteiger partial charge in [0.15, 0.2) is 22.9 Å². The fraction of sp³-hybridized carbons (Fsp3) is 0.130. The van der Waals surface area contributed by atoms with Crippen molar-refractivity contribution in [3.05, 3.63) is 86.7 Å². The SMILES string of the molecule is Cc1ccc(-c2cc(C(F)(F)F)n3nc(C(=O)O/N=C(\N)c4ccc(Cl)cc4Cl)cc3n2)cc1C. The molecule has 0 aliphatic heterocycles. The van der Waals surface area contributed by atoms with Crippen molar-refractivity contribution < 1.29 is 22.8 Å². The van der Waals surface area contributed by atoms with Crippen LogP contribution >= 0.6 is 23.2 Å². The Kier molecular flexibility index (Phi) is 6.44. The van der Waals surface area contributed by atoms with E-state index in [2.05, 4.69) is 15.2 Å². The molecule has 4 aromatic rings. The number of rotatable bonds is 4. The van der Waals surface area contributed by atoms with Gasteiger partial charge in [-0.25, -0.2) is 14.3 Å². The van der Waals surface area contributed by atoms with Crippen LogP contribution in [0.2, 0.25) is 10.0 Å². The number of aromatic nitrogens is 3. The normalized spacial score (nSPS) is 12.3. The molecule has 0 aliphatic carbocycles. The number of aryl methyl sites for hydroxylation is 2. The van der Waals surface area contributed by atoms with Crippen LogP contribution in [0.4, 0.5) is 13.2 Å². The molecule has 0 spiro atoms. The Hall–Kier alpha value is -3.63. The third-order valence-electron chi connectivity index (χ3n) is 5.16. The molecule has 0 atom stereocenters. The highest BCUT2D eigenvalue weighted by Gasteiger charge is 2.36. The zero-order chi connectivity index (χ0) is 25.5. The van der Waals surface area contributed by atoms with Crippen molar-refractivity contribution in [2.75, 3.05) is 0 Å². The topological polar surface area (TPSA) is 94.9 Å². The first-order chi connectivity index (χ1) is 16.4. The predicted molar refractivity (Wildman–Crippen MR) is 126 cm³/mol. The van der Waals surface area contributed by atoms with Crippen molar-refractivity contribution in [1.82, 2.24) is 14.6 Å². The lowest BCUT2D eigenvalue weighted by molar-refractivity contribution is -0.142. The third kappa shape index (κ3) is 5.08. The van der Waals surface area contributed by atoms with Gasteiger partial charge in [-0.1, -0.05) is 40.5 Å². The number of alkyl halides is 3. The number of hydrogen-bond donors (Lipinski definition) is 1. The van der Waals surface area contributed by atoms with Gasteiger partial charge < -0.3 is 10.6 Å². The van der Waals surface area contributed by atoms with E-state index in [1.54, 1.807) is 18.2 Å². The van der Waals surface area contributed by atoms with Crippen molar-refractivity contribution in [2.45, 2.75) is 20.0 Å². The highest BCUT2D eigenvalue weighted by molar-refractivity contribution is 6.36. The van der Waals surface area contributed by atoms with Crippen molar-refractivity contribution in [3.8, 4) is 11.3 Å². The lowest BCUT2D eigenvalue weighted by Crippen LogP contribution is -2.16. The Morgan fingerprint density at radius 3 is 2.46 bits per heavy atom. The second-order valence-electron chi connectivity index (χ2n) is 7.60. The molecular weight excluding hydrogens is 506 g/mol. The van der Waals surface area contributed by atoms with E-state index in [0.29, 0.717) is 15.1 Å². The van der Waals surface area contributed by atoms with E-state index < -0.39 is 23.5 Å². The minimum absolute atomic E-state index is 0.0763. The Balaban J connectivity index is 1.71. The number of fused-ring (bicyclic) bond motifs is 1. The van der Waals surface area contributed by atoms with Crippen molar-refractivity contribution in [1.29, 1.82) is 0 Å². The summed E-state index contributed by atoms with van der Waals surface area (Å²) in [7, 11) is 0. The molecule has 180 valence electrons. The molecule has 0 saturated heterocycles. The molecule has 2 N–H and O–H groups in total. The van der Waals surface area contributed by atoms with Crippen LogP contribution in [0, 0.1) is 13.8 Å². The van der Waals surface area contributed by atoms with Crippen LogP contribution in [-0.2, 0) is 11.0 Å². The van der Waals surface area contributed by atoms with Crippen LogP contribution in [0.1, 0.15) is 32.9 Å². The maximum absolute atomic E-state index is 13.8. The summed E-state index contributed by atoms with van der Waals surface area (Å²) in [6.07, 6.45) is -4.77. The number of nitrogens with two attached hydrogens (primary N) is 1. The highest BCUT2D eigenvalue weighted by Crippen LogP contribution is 2.33. The van der Waals surface area contributed by atoms with E-state index in [1.807, 2.05) is 13.8 Å². The summed E-state index contributed by atoms with van der Waals surface area (Å²) in [5.41, 5.74) is 6.74. The van der Waals surface area contributed by atoms with E-state index >= 15 is 0 Å². The molecule has 4 rings (SSSR count). The minimum atomic E-state index is -4.77. The number of benzene rings is 2. The Morgan fingerprint density at radius 2 is 1.80 bits per heavy atom. The standard InChI is InChI=1S/C23H16Cl2F3N5O2/c1-11-3-4-13(7-12(11)2)17-9-19(23(26,27)28)33-20(30-17)10-18(31-33)22(34)35-32-21(29)15-6-5-14(24)8-16(15)25/h3-10H,1-2H3,(H2,29,32). The molecule has 0 radical (unpaired) electrons. The number of hydrogen-bond acceptors (Lipinski definition) is 5. The van der Waals surface area contributed by atoms with Gasteiger partial charge in [0.1, 0.15) is 0 Å². The van der Waals surface area contributed by atoms with Crippen molar-refractivity contribution in [2.24, 2.45) is 10.9 Å². The summed E-state index contributed by atoms with van der Waals surface area (Å²) in [5.74, 6) is -1.38. The first-order valence-corrected chi connectivity index (χ1v) is 10.8. The van der Waals surface area contributed by atoms with Gasteiger partial charge in [-0.15, -0.1) is 0 Å². The summed E-state index contributed by atoms with van der Waals surface area (Å²) in [4.78, 5) is 21.5. The van der Waals surface area contributed by atoms with E-state index in [4.69, 9.17) is 33.8 Å². The maximum Gasteiger partial charge on any atom is 0.433 e. The molecule has 2 aromatic heterocycles. The third-order valence-corrected chi connectivity index (χ3v) is 5.71. The molecule has 2 heterocycles. The summed E-state index contributed by atoms with van der Waals surface area (Å²) in [6, 6.07) is 11.5. The van der Waals surface area contributed by atoms with Crippen LogP contribution in [-0.4, -0.2) is 26.4 Å². The maximum atomic E-state index is 13.8. The van der Waals surface area contributed by atoms with Crippen LogP contribution in [0.15, 0.2) is 53.7 Å². The molecule has 12 heteroatoms. The average Bonchev–Trinajstić information content (AvgIpc) is 3.22. The number of carbonyl (C=O) groups is 1. The van der Waals surface area contributed by atoms with Gasteiger partial charge in [0, 0.05) is 22.2 Å². The largest absolute Gasteiger partial charge is 0.433 e. The summed E-state index contributed by atoms with van der Waals surface area (Å²) in [5, 5.41) is 7.77. The highest BCUT2D eigenvalue weighted by atomic mass is 35.5. The lowest BCUT2D eigenvalue weighted by atomic mass is 10.0. The second-order valence-corrected chi connectivity index (χ2v) is 8.45. The van der Waals surface area contributed by atoms with E-state index in [-0.39, 0.29) is 27.8 Å². The number of halogens is 5. The van der Waals surface area contributed by atoms with Gasteiger partial charge in [-0.05, 0) is 55.3 Å². The van der Waals surface area contributed by atoms with Gasteiger partial charge in [0.2, 0.25) is 0 Å². The zero-order valence-corrected chi connectivity index (χ0v) is 19.7. The molecule has 2 aromatic carbocycles. The van der Waals surface area contributed by atoms with Gasteiger partial charge in [-0.3, -0.25) is 0 Å². The quantitative estimate of drug-likeness (QED) is 0.158. The number of carbonyl (C=O) groups excluding carboxylic acids is 1. The van der Waals surface area contributed by atoms with E-state index in [0.717, 1.165) is 23.3 Å². The average molecular weight is 522 g/mol. The van der Waals surface area contributed by atoms with Crippen LogP contribution in [0.25, 0.3) is 16.9 Å². The van der Waals surface area contributed by atoms with Gasteiger partial charge in [0.25, 0.3) is 0 Å². The molecule has 35 heavy (non-hydrogen) atoms. The number of nitrogens with zero attached hydrogens (tertiary/aromatic N) is 4. The fourth-order valence-corrected chi connectivity index (χ4v) is 3.71. The first-order valence-electron chi connectivity index (χ1n) is 10.00. The van der Waals surface area contributed by atoms with E-state index in [1.165, 1.54) is 18.2 Å². The van der Waals surface area contributed by atoms with Gasteiger partial charge in [-0.2, -0.15) is 18.3 Å². The van der Waals surface area contributed by atoms with Gasteiger partial charge >= 0.3 is 12.1 Å². The molecule has 0 fully saturated rings. The summed E-state index contributed by atoms with van der Waals surface area (Å²) >= 11 is 11.9. The minimum Gasteiger partial charge on any atom is -0.380 e. The summed E-state index contributed by atoms with van der Waals surface area (Å²) in [6.45, 7) is 3.74. The monoisotopic (exact) mass is 521 g/mol. The van der Waals surface area contributed by atoms with E-state index in [9.17, 15) is 18.0 Å². The first kappa shape index (κ1) is 24.5. The molecular formula is C23H16Cl2F3N5O2. The van der Waals surface area contributed by atoms with Crippen molar-refractivity contribution in [3.63, 3.8) is 0 Å². The van der Waals surface area contributed by atoms with Gasteiger partial charge in [0.05, 0.1) is 10.7 Å².